The van der Waals surface area contributed by atoms with Crippen LogP contribution in [0, 0.1) is 15.9 Å². The van der Waals surface area contributed by atoms with E-state index in [0.717, 1.165) is 12.1 Å². The minimum Gasteiger partial charge on any atom is -0.368 e. The second-order valence-electron chi connectivity index (χ2n) is 5.52. The number of nitro benzene ring substituents is 1. The highest BCUT2D eigenvalue weighted by atomic mass is 19.1. The van der Waals surface area contributed by atoms with Crippen molar-refractivity contribution in [3.63, 3.8) is 0 Å². The SMILES string of the molecule is CC(Nc1ccc(F)cc1[N+](=O)[O-])C(=O)NC(C)(C)C. The molecule has 1 rings (SSSR count). The van der Waals surface area contributed by atoms with Crippen molar-refractivity contribution >= 4 is 17.3 Å². The lowest BCUT2D eigenvalue weighted by Crippen LogP contribution is -2.47. The topological polar surface area (TPSA) is 84.3 Å². The zero-order valence-corrected chi connectivity index (χ0v) is 11.9. The van der Waals surface area contributed by atoms with Crippen molar-refractivity contribution in [1.29, 1.82) is 0 Å². The number of anilines is 1. The van der Waals surface area contributed by atoms with Crippen LogP contribution < -0.4 is 10.6 Å². The monoisotopic (exact) mass is 283 g/mol. The first kappa shape index (κ1) is 15.9. The van der Waals surface area contributed by atoms with E-state index in [-0.39, 0.29) is 11.6 Å². The molecule has 110 valence electrons. The molecule has 0 aliphatic carbocycles. The van der Waals surface area contributed by atoms with Crippen molar-refractivity contribution in [2.24, 2.45) is 0 Å². The Morgan fingerprint density at radius 2 is 2.00 bits per heavy atom. The van der Waals surface area contributed by atoms with E-state index in [1.807, 2.05) is 20.8 Å². The van der Waals surface area contributed by atoms with Gasteiger partial charge in [-0.15, -0.1) is 0 Å². The molecule has 0 radical (unpaired) electrons. The molecule has 0 heterocycles. The van der Waals surface area contributed by atoms with E-state index < -0.39 is 28.0 Å². The maximum atomic E-state index is 13.0. The first-order chi connectivity index (χ1) is 9.10. The molecule has 1 unspecified atom stereocenters. The highest BCUT2D eigenvalue weighted by Crippen LogP contribution is 2.25. The van der Waals surface area contributed by atoms with E-state index in [0.29, 0.717) is 0 Å². The lowest BCUT2D eigenvalue weighted by Gasteiger charge is -2.24. The van der Waals surface area contributed by atoms with Crippen LogP contribution in [0.1, 0.15) is 27.7 Å². The van der Waals surface area contributed by atoms with Crippen molar-refractivity contribution in [1.82, 2.24) is 5.32 Å². The Morgan fingerprint density at radius 3 is 2.50 bits per heavy atom. The summed E-state index contributed by atoms with van der Waals surface area (Å²) in [7, 11) is 0. The van der Waals surface area contributed by atoms with Crippen molar-refractivity contribution in [2.75, 3.05) is 5.32 Å². The summed E-state index contributed by atoms with van der Waals surface area (Å²) in [5, 5.41) is 16.3. The number of halogens is 1. The van der Waals surface area contributed by atoms with Crippen LogP contribution >= 0.6 is 0 Å². The summed E-state index contributed by atoms with van der Waals surface area (Å²) in [6.45, 7) is 7.07. The predicted octanol–water partition coefficient (Wildman–Crippen LogP) is 2.45. The van der Waals surface area contributed by atoms with Gasteiger partial charge < -0.3 is 10.6 Å². The second-order valence-corrected chi connectivity index (χ2v) is 5.52. The molecule has 0 fully saturated rings. The number of nitrogens with one attached hydrogen (secondary N) is 2. The summed E-state index contributed by atoms with van der Waals surface area (Å²) >= 11 is 0. The zero-order valence-electron chi connectivity index (χ0n) is 11.9. The number of carbonyl (C=O) groups is 1. The van der Waals surface area contributed by atoms with Crippen LogP contribution in [0.15, 0.2) is 18.2 Å². The molecule has 0 aliphatic heterocycles. The number of nitrogens with zero attached hydrogens (tertiary/aromatic N) is 1. The maximum Gasteiger partial charge on any atom is 0.295 e. The van der Waals surface area contributed by atoms with Crippen LogP contribution in [0.4, 0.5) is 15.8 Å². The third-order valence-electron chi connectivity index (χ3n) is 2.42. The van der Waals surface area contributed by atoms with Gasteiger partial charge in [-0.1, -0.05) is 0 Å². The van der Waals surface area contributed by atoms with Crippen LogP contribution in [-0.2, 0) is 4.79 Å². The number of rotatable bonds is 4. The lowest BCUT2D eigenvalue weighted by molar-refractivity contribution is -0.384. The number of nitro groups is 1. The Hall–Kier alpha value is -2.18. The van der Waals surface area contributed by atoms with E-state index in [2.05, 4.69) is 10.6 Å². The van der Waals surface area contributed by atoms with Gasteiger partial charge in [0, 0.05) is 5.54 Å². The summed E-state index contributed by atoms with van der Waals surface area (Å²) in [5.41, 5.74) is -0.699. The van der Waals surface area contributed by atoms with Gasteiger partial charge in [0.05, 0.1) is 11.0 Å². The molecule has 6 nitrogen and oxygen atoms in total. The Balaban J connectivity index is 2.88. The van der Waals surface area contributed by atoms with Crippen molar-refractivity contribution in [2.45, 2.75) is 39.3 Å². The Bertz CT molecular complexity index is 526. The van der Waals surface area contributed by atoms with Crippen molar-refractivity contribution in [3.8, 4) is 0 Å². The molecule has 0 bridgehead atoms. The van der Waals surface area contributed by atoms with Gasteiger partial charge in [0.1, 0.15) is 17.5 Å². The lowest BCUT2D eigenvalue weighted by atomic mass is 10.1. The molecule has 1 aromatic carbocycles. The van der Waals surface area contributed by atoms with Gasteiger partial charge in [0.25, 0.3) is 5.69 Å². The van der Waals surface area contributed by atoms with Crippen LogP contribution in [0.3, 0.4) is 0 Å². The molecule has 1 atom stereocenters. The van der Waals surface area contributed by atoms with E-state index in [4.69, 9.17) is 0 Å². The average molecular weight is 283 g/mol. The molecular weight excluding hydrogens is 265 g/mol. The maximum absolute atomic E-state index is 13.0. The summed E-state index contributed by atoms with van der Waals surface area (Å²) in [6.07, 6.45) is 0. The highest BCUT2D eigenvalue weighted by molar-refractivity contribution is 5.85. The second kappa shape index (κ2) is 5.85. The van der Waals surface area contributed by atoms with E-state index in [1.165, 1.54) is 6.07 Å². The fourth-order valence-corrected chi connectivity index (χ4v) is 1.55. The van der Waals surface area contributed by atoms with Crippen molar-refractivity contribution < 1.29 is 14.1 Å². The number of carbonyl (C=O) groups excluding carboxylic acids is 1. The van der Waals surface area contributed by atoms with Gasteiger partial charge in [0.2, 0.25) is 5.91 Å². The zero-order chi connectivity index (χ0) is 15.5. The van der Waals surface area contributed by atoms with Gasteiger partial charge in [0.15, 0.2) is 0 Å². The third-order valence-corrected chi connectivity index (χ3v) is 2.42. The molecule has 0 saturated carbocycles. The minimum absolute atomic E-state index is 0.105. The van der Waals surface area contributed by atoms with Gasteiger partial charge in [-0.3, -0.25) is 14.9 Å². The molecular formula is C13H18FN3O3. The van der Waals surface area contributed by atoms with E-state index in [9.17, 15) is 19.3 Å². The van der Waals surface area contributed by atoms with E-state index in [1.54, 1.807) is 6.92 Å². The van der Waals surface area contributed by atoms with E-state index >= 15 is 0 Å². The fourth-order valence-electron chi connectivity index (χ4n) is 1.55. The summed E-state index contributed by atoms with van der Waals surface area (Å²) < 4.78 is 13.0. The van der Waals surface area contributed by atoms with Crippen LogP contribution in [0.25, 0.3) is 0 Å². The number of benzene rings is 1. The molecule has 0 spiro atoms. The summed E-state index contributed by atoms with van der Waals surface area (Å²) in [5.74, 6) is -0.995. The van der Waals surface area contributed by atoms with Gasteiger partial charge in [-0.25, -0.2) is 4.39 Å². The Kier molecular flexibility index (Phi) is 4.65. The molecule has 0 aromatic heterocycles. The molecule has 0 saturated heterocycles. The molecule has 1 amide bonds. The van der Waals surface area contributed by atoms with Crippen LogP contribution in [0.2, 0.25) is 0 Å². The standard InChI is InChI=1S/C13H18FN3O3/c1-8(12(18)16-13(2,3)4)15-10-6-5-9(14)7-11(10)17(19)20/h5-8,15H,1-4H3,(H,16,18). The molecule has 1 aromatic rings. The van der Waals surface area contributed by atoms with Gasteiger partial charge in [-0.05, 0) is 39.8 Å². The highest BCUT2D eigenvalue weighted by Gasteiger charge is 2.22. The molecule has 0 aliphatic rings. The Morgan fingerprint density at radius 1 is 1.40 bits per heavy atom. The quantitative estimate of drug-likeness (QED) is 0.656. The number of hydrogen-bond donors (Lipinski definition) is 2. The largest absolute Gasteiger partial charge is 0.368 e. The minimum atomic E-state index is -0.700. The van der Waals surface area contributed by atoms with Crippen molar-refractivity contribution in [3.05, 3.63) is 34.1 Å². The summed E-state index contributed by atoms with van der Waals surface area (Å²) in [6, 6.07) is 2.48. The normalized spacial score (nSPS) is 12.7. The Labute approximate surface area is 116 Å². The van der Waals surface area contributed by atoms with Gasteiger partial charge >= 0.3 is 0 Å². The molecule has 20 heavy (non-hydrogen) atoms. The third kappa shape index (κ3) is 4.49. The first-order valence-corrected chi connectivity index (χ1v) is 6.12. The molecule has 7 heteroatoms. The van der Waals surface area contributed by atoms with Gasteiger partial charge in [-0.2, -0.15) is 0 Å². The first-order valence-electron chi connectivity index (χ1n) is 6.12. The van der Waals surface area contributed by atoms with Crippen LogP contribution in [-0.4, -0.2) is 22.4 Å². The molecule has 2 N–H and O–H groups in total. The fraction of sp³-hybridized carbons (Fsp3) is 0.462. The smallest absolute Gasteiger partial charge is 0.295 e. The van der Waals surface area contributed by atoms with Crippen LogP contribution in [0.5, 0.6) is 0 Å². The number of hydrogen-bond acceptors (Lipinski definition) is 4. The average Bonchev–Trinajstić information content (AvgIpc) is 2.28. The predicted molar refractivity (Wildman–Crippen MR) is 74.0 cm³/mol. The summed E-state index contributed by atoms with van der Waals surface area (Å²) in [4.78, 5) is 22.1. The number of amides is 1.